The van der Waals surface area contributed by atoms with Crippen LogP contribution in [0.2, 0.25) is 0 Å². The van der Waals surface area contributed by atoms with E-state index >= 15 is 0 Å². The van der Waals surface area contributed by atoms with Crippen LogP contribution < -0.4 is 9.64 Å². The summed E-state index contributed by atoms with van der Waals surface area (Å²) in [5, 5.41) is 0. The Morgan fingerprint density at radius 3 is 2.62 bits per heavy atom. The number of aromatic nitrogens is 1. The molecule has 1 aliphatic rings. The summed E-state index contributed by atoms with van der Waals surface area (Å²) in [6, 6.07) is 11.6. The second-order valence-corrected chi connectivity index (χ2v) is 7.42. The summed E-state index contributed by atoms with van der Waals surface area (Å²) < 4.78 is 44.6. The van der Waals surface area contributed by atoms with Gasteiger partial charge in [-0.1, -0.05) is 32.0 Å². The fourth-order valence-corrected chi connectivity index (χ4v) is 3.46. The Morgan fingerprint density at radius 2 is 1.97 bits per heavy atom. The molecule has 7 heteroatoms. The molecule has 1 aromatic carbocycles. The molecule has 0 amide bonds. The molecule has 3 rings (SSSR count). The molecule has 4 nitrogen and oxygen atoms in total. The number of nitrogens with zero attached hydrogens (tertiary/aromatic N) is 2. The van der Waals surface area contributed by atoms with Gasteiger partial charge in [-0.2, -0.15) is 13.2 Å². The number of carbonyl (C=O) groups is 1. The number of Topliss-reactive ketones (excluding diaryl/α,β-unsaturated/α-hetero) is 1. The van der Waals surface area contributed by atoms with Crippen molar-refractivity contribution in [3.63, 3.8) is 0 Å². The van der Waals surface area contributed by atoms with Crippen molar-refractivity contribution in [2.45, 2.75) is 51.3 Å². The van der Waals surface area contributed by atoms with Gasteiger partial charge < -0.3 is 9.64 Å². The minimum Gasteiger partial charge on any atom is -0.489 e. The van der Waals surface area contributed by atoms with Crippen molar-refractivity contribution in [2.24, 2.45) is 0 Å². The van der Waals surface area contributed by atoms with Crippen LogP contribution in [0.15, 0.2) is 42.5 Å². The van der Waals surface area contributed by atoms with E-state index in [4.69, 9.17) is 4.74 Å². The first-order chi connectivity index (χ1) is 13.8. The summed E-state index contributed by atoms with van der Waals surface area (Å²) in [5.74, 6) is 1.43. The average Bonchev–Trinajstić information content (AvgIpc) is 3.16. The first kappa shape index (κ1) is 21.1. The minimum atomic E-state index is -4.45. The van der Waals surface area contributed by atoms with Gasteiger partial charge in [0.25, 0.3) is 0 Å². The Morgan fingerprint density at radius 1 is 1.24 bits per heavy atom. The van der Waals surface area contributed by atoms with Crippen molar-refractivity contribution < 1.29 is 22.7 Å². The average molecular weight is 406 g/mol. The Kier molecular flexibility index (Phi) is 6.45. The van der Waals surface area contributed by atoms with Crippen LogP contribution in [0.25, 0.3) is 0 Å². The number of rotatable bonds is 7. The number of pyridine rings is 1. The van der Waals surface area contributed by atoms with Gasteiger partial charge in [0.15, 0.2) is 0 Å². The number of alkyl halides is 3. The van der Waals surface area contributed by atoms with Gasteiger partial charge in [0.05, 0.1) is 6.54 Å². The SMILES string of the molecule is CCC(=O)C[C@@H](C)c1ccc(OC2CCN(c3cccc(C(F)(F)F)n3)C2)cc1. The lowest BCUT2D eigenvalue weighted by Gasteiger charge is -2.19. The van der Waals surface area contributed by atoms with Crippen molar-refractivity contribution in [1.82, 2.24) is 4.98 Å². The van der Waals surface area contributed by atoms with Gasteiger partial charge in [-0.05, 0) is 35.7 Å². The number of anilines is 1. The van der Waals surface area contributed by atoms with E-state index in [-0.39, 0.29) is 17.8 Å². The van der Waals surface area contributed by atoms with Gasteiger partial charge >= 0.3 is 6.18 Å². The van der Waals surface area contributed by atoms with E-state index in [0.29, 0.717) is 43.9 Å². The summed E-state index contributed by atoms with van der Waals surface area (Å²) in [6.07, 6.45) is -2.79. The molecule has 1 aliphatic heterocycles. The molecule has 156 valence electrons. The van der Waals surface area contributed by atoms with Gasteiger partial charge in [0.2, 0.25) is 0 Å². The number of ether oxygens (including phenoxy) is 1. The lowest BCUT2D eigenvalue weighted by atomic mass is 9.95. The zero-order valence-corrected chi connectivity index (χ0v) is 16.6. The summed E-state index contributed by atoms with van der Waals surface area (Å²) in [5.41, 5.74) is 0.200. The standard InChI is InChI=1S/C22H25F3N2O2/c1-3-17(28)13-15(2)16-7-9-18(10-8-16)29-19-11-12-27(14-19)21-6-4-5-20(26-21)22(23,24)25/h4-10,15,19H,3,11-14H2,1-2H3/t15-,19?/m1/s1. The van der Waals surface area contributed by atoms with Crippen LogP contribution in [-0.2, 0) is 11.0 Å². The zero-order chi connectivity index (χ0) is 21.0. The highest BCUT2D eigenvalue weighted by atomic mass is 19.4. The number of hydrogen-bond acceptors (Lipinski definition) is 4. The molecule has 0 N–H and O–H groups in total. The van der Waals surface area contributed by atoms with E-state index in [0.717, 1.165) is 11.6 Å². The molecule has 1 unspecified atom stereocenters. The van der Waals surface area contributed by atoms with Crippen molar-refractivity contribution in [1.29, 1.82) is 0 Å². The van der Waals surface area contributed by atoms with Gasteiger partial charge in [-0.15, -0.1) is 0 Å². The quantitative estimate of drug-likeness (QED) is 0.631. The molecule has 0 aliphatic carbocycles. The van der Waals surface area contributed by atoms with Crippen molar-refractivity contribution in [3.8, 4) is 5.75 Å². The molecule has 0 saturated carbocycles. The smallest absolute Gasteiger partial charge is 0.433 e. The molecular weight excluding hydrogens is 381 g/mol. The number of hydrogen-bond donors (Lipinski definition) is 0. The predicted molar refractivity (Wildman–Crippen MR) is 105 cm³/mol. The highest BCUT2D eigenvalue weighted by molar-refractivity contribution is 5.78. The van der Waals surface area contributed by atoms with E-state index in [9.17, 15) is 18.0 Å². The molecule has 2 aromatic rings. The van der Waals surface area contributed by atoms with Crippen LogP contribution >= 0.6 is 0 Å². The topological polar surface area (TPSA) is 42.4 Å². The van der Waals surface area contributed by atoms with Gasteiger partial charge in [-0.25, -0.2) is 4.98 Å². The molecule has 2 atom stereocenters. The Labute approximate surface area is 168 Å². The molecule has 2 heterocycles. The predicted octanol–water partition coefficient (Wildman–Crippen LogP) is 5.23. The molecular formula is C22H25F3N2O2. The van der Waals surface area contributed by atoms with Gasteiger partial charge in [0, 0.05) is 25.8 Å². The Balaban J connectivity index is 1.58. The number of halogens is 3. The van der Waals surface area contributed by atoms with Crippen molar-refractivity contribution >= 4 is 11.6 Å². The van der Waals surface area contributed by atoms with Crippen LogP contribution in [0.1, 0.15) is 50.3 Å². The summed E-state index contributed by atoms with van der Waals surface area (Å²) in [4.78, 5) is 17.2. The monoisotopic (exact) mass is 406 g/mol. The summed E-state index contributed by atoms with van der Waals surface area (Å²) in [6.45, 7) is 4.97. The largest absolute Gasteiger partial charge is 0.489 e. The van der Waals surface area contributed by atoms with Crippen molar-refractivity contribution in [2.75, 3.05) is 18.0 Å². The van der Waals surface area contributed by atoms with E-state index in [1.807, 2.05) is 43.0 Å². The van der Waals surface area contributed by atoms with Crippen LogP contribution in [0.4, 0.5) is 19.0 Å². The van der Waals surface area contributed by atoms with E-state index in [1.54, 1.807) is 6.07 Å². The zero-order valence-electron chi connectivity index (χ0n) is 16.6. The molecule has 1 aromatic heterocycles. The molecule has 0 spiro atoms. The maximum Gasteiger partial charge on any atom is 0.433 e. The normalized spacial score (nSPS) is 18.0. The first-order valence-corrected chi connectivity index (χ1v) is 9.83. The van der Waals surface area contributed by atoms with Crippen LogP contribution in [0.3, 0.4) is 0 Å². The lowest BCUT2D eigenvalue weighted by molar-refractivity contribution is -0.141. The van der Waals surface area contributed by atoms with E-state index in [1.165, 1.54) is 6.07 Å². The number of benzene rings is 1. The Bertz CT molecular complexity index is 837. The van der Waals surface area contributed by atoms with Crippen LogP contribution in [-0.4, -0.2) is 30.0 Å². The number of carbonyl (C=O) groups excluding carboxylic acids is 1. The summed E-state index contributed by atoms with van der Waals surface area (Å²) >= 11 is 0. The molecule has 0 bridgehead atoms. The third-order valence-electron chi connectivity index (χ3n) is 5.17. The second-order valence-electron chi connectivity index (χ2n) is 7.42. The van der Waals surface area contributed by atoms with E-state index in [2.05, 4.69) is 4.98 Å². The molecule has 1 saturated heterocycles. The van der Waals surface area contributed by atoms with Crippen molar-refractivity contribution in [3.05, 3.63) is 53.7 Å². The Hall–Kier alpha value is -2.57. The van der Waals surface area contributed by atoms with Crippen LogP contribution in [0, 0.1) is 0 Å². The maximum absolute atomic E-state index is 12.9. The van der Waals surface area contributed by atoms with Crippen LogP contribution in [0.5, 0.6) is 5.75 Å². The number of ketones is 1. The minimum absolute atomic E-state index is 0.115. The summed E-state index contributed by atoms with van der Waals surface area (Å²) in [7, 11) is 0. The highest BCUT2D eigenvalue weighted by Gasteiger charge is 2.33. The fraction of sp³-hybridized carbons (Fsp3) is 0.455. The fourth-order valence-electron chi connectivity index (χ4n) is 3.46. The third-order valence-corrected chi connectivity index (χ3v) is 5.17. The highest BCUT2D eigenvalue weighted by Crippen LogP contribution is 2.30. The third kappa shape index (κ3) is 5.49. The van der Waals surface area contributed by atoms with E-state index < -0.39 is 11.9 Å². The molecule has 29 heavy (non-hydrogen) atoms. The lowest BCUT2D eigenvalue weighted by Crippen LogP contribution is -2.25. The van der Waals surface area contributed by atoms with Gasteiger partial charge in [0.1, 0.15) is 29.1 Å². The second kappa shape index (κ2) is 8.84. The first-order valence-electron chi connectivity index (χ1n) is 9.83. The molecule has 1 fully saturated rings. The molecule has 0 radical (unpaired) electrons. The van der Waals surface area contributed by atoms with Gasteiger partial charge in [-0.3, -0.25) is 4.79 Å². The maximum atomic E-state index is 12.9.